The average Bonchev–Trinajstić information content (AvgIpc) is 3.25. The lowest BCUT2D eigenvalue weighted by Crippen LogP contribution is -2.27. The Bertz CT molecular complexity index is 798. The van der Waals surface area contributed by atoms with Crippen LogP contribution in [0.25, 0.3) is 11.3 Å². The molecule has 8 heteroatoms. The van der Waals surface area contributed by atoms with Crippen molar-refractivity contribution in [1.29, 1.82) is 0 Å². The van der Waals surface area contributed by atoms with E-state index < -0.39 is 0 Å². The molecule has 0 unspecified atom stereocenters. The molecule has 1 amide bonds. The van der Waals surface area contributed by atoms with Gasteiger partial charge in [-0.25, -0.2) is 0 Å². The highest BCUT2D eigenvalue weighted by Crippen LogP contribution is 2.15. The number of rotatable bonds is 7. The van der Waals surface area contributed by atoms with Gasteiger partial charge in [-0.3, -0.25) is 14.5 Å². The van der Waals surface area contributed by atoms with E-state index in [0.717, 1.165) is 41.3 Å². The van der Waals surface area contributed by atoms with Gasteiger partial charge in [-0.1, -0.05) is 17.8 Å². The van der Waals surface area contributed by atoms with E-state index in [4.69, 9.17) is 0 Å². The second kappa shape index (κ2) is 7.78. The summed E-state index contributed by atoms with van der Waals surface area (Å²) in [6.07, 6.45) is 7.10. The third-order valence-corrected chi connectivity index (χ3v) is 4.26. The smallest absolute Gasteiger partial charge is 0.265 e. The molecule has 24 heavy (non-hydrogen) atoms. The molecular weight excluding hydrogens is 324 g/mol. The number of carbonyl (C=O) groups is 1. The van der Waals surface area contributed by atoms with Crippen LogP contribution in [0.2, 0.25) is 0 Å². The predicted molar refractivity (Wildman–Crippen MR) is 91.7 cm³/mol. The molecule has 0 aliphatic heterocycles. The summed E-state index contributed by atoms with van der Waals surface area (Å²) in [7, 11) is 0. The molecule has 0 aliphatic carbocycles. The van der Waals surface area contributed by atoms with E-state index in [-0.39, 0.29) is 5.91 Å². The van der Waals surface area contributed by atoms with Gasteiger partial charge in [0.05, 0.1) is 17.9 Å². The summed E-state index contributed by atoms with van der Waals surface area (Å²) in [5.41, 5.74) is 2.69. The van der Waals surface area contributed by atoms with Crippen LogP contribution in [0.3, 0.4) is 0 Å². The fourth-order valence-electron chi connectivity index (χ4n) is 2.31. The molecule has 1 N–H and O–H groups in total. The Morgan fingerprint density at radius 3 is 2.92 bits per heavy atom. The number of pyridine rings is 1. The molecule has 3 heterocycles. The van der Waals surface area contributed by atoms with E-state index in [1.807, 2.05) is 29.1 Å². The van der Waals surface area contributed by atoms with Gasteiger partial charge in [0, 0.05) is 30.7 Å². The fraction of sp³-hybridized carbons (Fsp3) is 0.312. The molecule has 3 aromatic heterocycles. The summed E-state index contributed by atoms with van der Waals surface area (Å²) in [5, 5.41) is 11.4. The molecule has 7 nitrogen and oxygen atoms in total. The first-order chi connectivity index (χ1) is 11.8. The zero-order valence-electron chi connectivity index (χ0n) is 13.3. The molecule has 124 valence electrons. The molecular formula is C16H18N6OS. The van der Waals surface area contributed by atoms with Gasteiger partial charge in [-0.05, 0) is 36.2 Å². The van der Waals surface area contributed by atoms with Gasteiger partial charge in [0.25, 0.3) is 5.91 Å². The Balaban J connectivity index is 1.54. The van der Waals surface area contributed by atoms with Crippen LogP contribution in [-0.4, -0.2) is 36.8 Å². The highest BCUT2D eigenvalue weighted by Gasteiger charge is 2.15. The number of amides is 1. The number of hydrogen-bond donors (Lipinski definition) is 1. The lowest BCUT2D eigenvalue weighted by molar-refractivity contribution is 0.0955. The minimum absolute atomic E-state index is 0.116. The third kappa shape index (κ3) is 3.83. The van der Waals surface area contributed by atoms with Crippen molar-refractivity contribution in [3.05, 3.63) is 47.4 Å². The molecule has 0 aliphatic rings. The first-order valence-corrected chi connectivity index (χ1v) is 8.58. The quantitative estimate of drug-likeness (QED) is 0.711. The molecule has 0 atom stereocenters. The largest absolute Gasteiger partial charge is 0.349 e. The topological polar surface area (TPSA) is 85.6 Å². The molecule has 0 saturated carbocycles. The van der Waals surface area contributed by atoms with Crippen LogP contribution < -0.4 is 5.32 Å². The molecule has 0 saturated heterocycles. The van der Waals surface area contributed by atoms with Crippen molar-refractivity contribution in [2.45, 2.75) is 26.3 Å². The lowest BCUT2D eigenvalue weighted by Gasteiger charge is -2.05. The second-order valence-corrected chi connectivity index (χ2v) is 6.01. The standard InChI is InChI=1S/C16H18N6OS/c1-2-3-14-15(24-21-19-14)16(23)18-9-11-22-10-6-13(20-22)12-4-7-17-8-5-12/h4-8,10H,2-3,9,11H2,1H3,(H,18,23). The van der Waals surface area contributed by atoms with E-state index in [2.05, 4.69) is 31.9 Å². The van der Waals surface area contributed by atoms with Crippen molar-refractivity contribution < 1.29 is 4.79 Å². The van der Waals surface area contributed by atoms with Gasteiger partial charge in [0.2, 0.25) is 0 Å². The maximum atomic E-state index is 12.2. The molecule has 0 radical (unpaired) electrons. The first kappa shape index (κ1) is 16.3. The van der Waals surface area contributed by atoms with Gasteiger partial charge in [-0.15, -0.1) is 5.10 Å². The number of carbonyl (C=O) groups excluding carboxylic acids is 1. The summed E-state index contributed by atoms with van der Waals surface area (Å²) < 4.78 is 5.69. The van der Waals surface area contributed by atoms with Gasteiger partial charge in [0.1, 0.15) is 4.88 Å². The van der Waals surface area contributed by atoms with Crippen LogP contribution in [0.15, 0.2) is 36.8 Å². The van der Waals surface area contributed by atoms with Crippen molar-refractivity contribution in [1.82, 2.24) is 29.7 Å². The monoisotopic (exact) mass is 342 g/mol. The average molecular weight is 342 g/mol. The zero-order valence-corrected chi connectivity index (χ0v) is 14.2. The summed E-state index contributed by atoms with van der Waals surface area (Å²) in [5.74, 6) is -0.116. The van der Waals surface area contributed by atoms with Crippen molar-refractivity contribution in [3.63, 3.8) is 0 Å². The van der Waals surface area contributed by atoms with Gasteiger partial charge < -0.3 is 5.32 Å². The molecule has 3 aromatic rings. The molecule has 0 spiro atoms. The minimum Gasteiger partial charge on any atom is -0.349 e. The molecule has 3 rings (SSSR count). The van der Waals surface area contributed by atoms with Crippen molar-refractivity contribution in [2.75, 3.05) is 6.54 Å². The zero-order chi connectivity index (χ0) is 16.8. The summed E-state index contributed by atoms with van der Waals surface area (Å²) in [6.45, 7) is 3.16. The van der Waals surface area contributed by atoms with Crippen LogP contribution in [0.5, 0.6) is 0 Å². The van der Waals surface area contributed by atoms with Crippen molar-refractivity contribution >= 4 is 17.4 Å². The van der Waals surface area contributed by atoms with E-state index >= 15 is 0 Å². The van der Waals surface area contributed by atoms with E-state index in [1.165, 1.54) is 0 Å². The first-order valence-electron chi connectivity index (χ1n) is 7.81. The van der Waals surface area contributed by atoms with Crippen LogP contribution in [-0.2, 0) is 13.0 Å². The third-order valence-electron chi connectivity index (χ3n) is 3.49. The number of aromatic nitrogens is 5. The lowest BCUT2D eigenvalue weighted by atomic mass is 10.2. The van der Waals surface area contributed by atoms with Crippen molar-refractivity contribution in [2.24, 2.45) is 0 Å². The maximum absolute atomic E-state index is 12.2. The van der Waals surface area contributed by atoms with Gasteiger partial charge >= 0.3 is 0 Å². The van der Waals surface area contributed by atoms with Gasteiger partial charge in [-0.2, -0.15) is 5.10 Å². The van der Waals surface area contributed by atoms with E-state index in [0.29, 0.717) is 18.0 Å². The summed E-state index contributed by atoms with van der Waals surface area (Å²) in [6, 6.07) is 5.78. The van der Waals surface area contributed by atoms with Crippen LogP contribution in [0.1, 0.15) is 28.7 Å². The Morgan fingerprint density at radius 1 is 1.29 bits per heavy atom. The number of hydrogen-bond acceptors (Lipinski definition) is 6. The minimum atomic E-state index is -0.116. The normalized spacial score (nSPS) is 10.7. The second-order valence-electron chi connectivity index (χ2n) is 5.25. The predicted octanol–water partition coefficient (Wildman–Crippen LogP) is 2.18. The number of aryl methyl sites for hydroxylation is 1. The van der Waals surface area contributed by atoms with Crippen LogP contribution in [0.4, 0.5) is 0 Å². The highest BCUT2D eigenvalue weighted by molar-refractivity contribution is 7.08. The summed E-state index contributed by atoms with van der Waals surface area (Å²) >= 11 is 1.14. The van der Waals surface area contributed by atoms with Crippen molar-refractivity contribution in [3.8, 4) is 11.3 Å². The van der Waals surface area contributed by atoms with E-state index in [9.17, 15) is 4.79 Å². The van der Waals surface area contributed by atoms with Crippen LogP contribution >= 0.6 is 11.5 Å². The summed E-state index contributed by atoms with van der Waals surface area (Å²) in [4.78, 5) is 16.8. The Hall–Kier alpha value is -2.61. The van der Waals surface area contributed by atoms with E-state index in [1.54, 1.807) is 12.4 Å². The Kier molecular flexibility index (Phi) is 5.27. The van der Waals surface area contributed by atoms with Gasteiger partial charge in [0.15, 0.2) is 0 Å². The number of nitrogens with zero attached hydrogens (tertiary/aromatic N) is 5. The SMILES string of the molecule is CCCc1nnsc1C(=O)NCCn1ccc(-c2ccncc2)n1. The molecule has 0 bridgehead atoms. The fourth-order valence-corrected chi connectivity index (χ4v) is 2.93. The number of nitrogens with one attached hydrogen (secondary N) is 1. The van der Waals surface area contributed by atoms with Crippen LogP contribution in [0, 0.1) is 0 Å². The Morgan fingerprint density at radius 2 is 2.12 bits per heavy atom. The highest BCUT2D eigenvalue weighted by atomic mass is 32.1. The Labute approximate surface area is 143 Å². The molecule has 0 fully saturated rings. The molecule has 0 aromatic carbocycles. The maximum Gasteiger partial charge on any atom is 0.265 e.